The van der Waals surface area contributed by atoms with E-state index < -0.39 is 6.10 Å². The minimum atomic E-state index is -0.468. The van der Waals surface area contributed by atoms with E-state index in [-0.39, 0.29) is 5.60 Å². The second kappa shape index (κ2) is 7.36. The number of hydrogen-bond acceptors (Lipinski definition) is 5. The topological polar surface area (TPSA) is 50.7 Å². The summed E-state index contributed by atoms with van der Waals surface area (Å²) >= 11 is 1.67. The van der Waals surface area contributed by atoms with Crippen molar-refractivity contribution < 1.29 is 14.6 Å². The van der Waals surface area contributed by atoms with Crippen LogP contribution in [0.25, 0.3) is 0 Å². The van der Waals surface area contributed by atoms with Gasteiger partial charge in [-0.2, -0.15) is 0 Å². The predicted molar refractivity (Wildman–Crippen MR) is 76.4 cm³/mol. The summed E-state index contributed by atoms with van der Waals surface area (Å²) in [7, 11) is 0. The zero-order valence-corrected chi connectivity index (χ0v) is 12.2. The highest BCUT2D eigenvalue weighted by molar-refractivity contribution is 7.09. The van der Waals surface area contributed by atoms with Gasteiger partial charge in [-0.25, -0.2) is 0 Å². The van der Waals surface area contributed by atoms with Crippen molar-refractivity contribution in [1.82, 2.24) is 5.32 Å². The molecule has 0 radical (unpaired) electrons. The first-order chi connectivity index (χ1) is 9.18. The van der Waals surface area contributed by atoms with Crippen molar-refractivity contribution in [2.24, 2.45) is 0 Å². The lowest BCUT2D eigenvalue weighted by Gasteiger charge is -2.24. The molecule has 1 aliphatic rings. The van der Waals surface area contributed by atoms with Gasteiger partial charge in [-0.3, -0.25) is 0 Å². The quantitative estimate of drug-likeness (QED) is 0.764. The molecule has 2 rings (SSSR count). The first-order valence-corrected chi connectivity index (χ1v) is 7.69. The van der Waals surface area contributed by atoms with Gasteiger partial charge in [0.1, 0.15) is 0 Å². The van der Waals surface area contributed by atoms with E-state index in [1.807, 2.05) is 17.5 Å². The second-order valence-electron chi connectivity index (χ2n) is 5.28. The van der Waals surface area contributed by atoms with Crippen LogP contribution in [0.15, 0.2) is 17.5 Å². The van der Waals surface area contributed by atoms with E-state index in [2.05, 4.69) is 12.2 Å². The van der Waals surface area contributed by atoms with Crippen molar-refractivity contribution in [2.45, 2.75) is 38.1 Å². The molecular weight excluding hydrogens is 262 g/mol. The summed E-state index contributed by atoms with van der Waals surface area (Å²) in [5, 5.41) is 15.1. The molecule has 1 aromatic heterocycles. The van der Waals surface area contributed by atoms with Crippen molar-refractivity contribution in [3.63, 3.8) is 0 Å². The molecule has 108 valence electrons. The number of hydrogen-bond donors (Lipinski definition) is 2. The number of aliphatic hydroxyl groups is 1. The number of rotatable bonds is 8. The van der Waals surface area contributed by atoms with E-state index in [1.165, 1.54) is 4.88 Å². The Morgan fingerprint density at radius 1 is 1.63 bits per heavy atom. The van der Waals surface area contributed by atoms with Crippen LogP contribution in [0.2, 0.25) is 0 Å². The second-order valence-corrected chi connectivity index (χ2v) is 6.31. The number of nitrogens with one attached hydrogen (secondary N) is 1. The van der Waals surface area contributed by atoms with E-state index in [0.717, 1.165) is 26.0 Å². The van der Waals surface area contributed by atoms with E-state index in [9.17, 15) is 5.11 Å². The normalized spacial score (nSPS) is 24.7. The summed E-state index contributed by atoms with van der Waals surface area (Å²) < 4.78 is 11.2. The van der Waals surface area contributed by atoms with Crippen molar-refractivity contribution in [1.29, 1.82) is 0 Å². The van der Waals surface area contributed by atoms with Gasteiger partial charge in [0.15, 0.2) is 0 Å². The maximum absolute atomic E-state index is 9.81. The third kappa shape index (κ3) is 5.20. The molecule has 1 saturated heterocycles. The zero-order valence-electron chi connectivity index (χ0n) is 11.4. The Kier molecular flexibility index (Phi) is 5.78. The van der Waals surface area contributed by atoms with Gasteiger partial charge in [-0.1, -0.05) is 6.07 Å². The monoisotopic (exact) mass is 285 g/mol. The fourth-order valence-corrected chi connectivity index (χ4v) is 2.87. The molecule has 0 aliphatic carbocycles. The summed E-state index contributed by atoms with van der Waals surface area (Å²) in [5.74, 6) is 0. The lowest BCUT2D eigenvalue weighted by atomic mass is 10.0. The Labute approximate surface area is 118 Å². The van der Waals surface area contributed by atoms with Gasteiger partial charge in [0.05, 0.1) is 24.9 Å². The van der Waals surface area contributed by atoms with Crippen LogP contribution < -0.4 is 5.32 Å². The van der Waals surface area contributed by atoms with Crippen molar-refractivity contribution in [2.75, 3.05) is 26.3 Å². The highest BCUT2D eigenvalue weighted by atomic mass is 32.1. The molecule has 0 amide bonds. The van der Waals surface area contributed by atoms with Crippen LogP contribution >= 0.6 is 11.3 Å². The predicted octanol–water partition coefficient (Wildman–Crippen LogP) is 1.78. The van der Waals surface area contributed by atoms with Crippen molar-refractivity contribution >= 4 is 11.3 Å². The fourth-order valence-electron chi connectivity index (χ4n) is 2.23. The standard InChI is InChI=1S/C14H23NO3S/c1-14(5-3-6-18-14)11-15-8-12(16)9-17-10-13-4-2-7-19-13/h2,4,7,12,15-16H,3,5-6,8-11H2,1H3. The van der Waals surface area contributed by atoms with E-state index >= 15 is 0 Å². The maximum Gasteiger partial charge on any atom is 0.0897 e. The van der Waals surface area contributed by atoms with Gasteiger partial charge < -0.3 is 19.9 Å². The molecule has 2 unspecified atom stereocenters. The summed E-state index contributed by atoms with van der Waals surface area (Å²) in [6, 6.07) is 4.04. The lowest BCUT2D eigenvalue weighted by molar-refractivity contribution is 0.00844. The average molecular weight is 285 g/mol. The van der Waals surface area contributed by atoms with Gasteiger partial charge in [0, 0.05) is 24.6 Å². The molecule has 1 aromatic rings. The average Bonchev–Trinajstić information content (AvgIpc) is 3.01. The molecule has 2 heterocycles. The lowest BCUT2D eigenvalue weighted by Crippen LogP contribution is -2.41. The number of aliphatic hydroxyl groups excluding tert-OH is 1. The molecule has 2 atom stereocenters. The van der Waals surface area contributed by atoms with Crippen LogP contribution in [0, 0.1) is 0 Å². The Hall–Kier alpha value is -0.460. The van der Waals surface area contributed by atoms with Gasteiger partial charge in [0.25, 0.3) is 0 Å². The van der Waals surface area contributed by atoms with Crippen molar-refractivity contribution in [3.05, 3.63) is 22.4 Å². The smallest absolute Gasteiger partial charge is 0.0897 e. The number of thiophene rings is 1. The third-order valence-electron chi connectivity index (χ3n) is 3.31. The van der Waals surface area contributed by atoms with Crippen LogP contribution in [0.4, 0.5) is 0 Å². The van der Waals surface area contributed by atoms with Gasteiger partial charge in [0.2, 0.25) is 0 Å². The molecular formula is C14H23NO3S. The SMILES string of the molecule is CC1(CNCC(O)COCc2cccs2)CCCO1. The Morgan fingerprint density at radius 3 is 3.21 bits per heavy atom. The summed E-state index contributed by atoms with van der Waals surface area (Å²) in [6.45, 7) is 5.24. The first-order valence-electron chi connectivity index (χ1n) is 6.81. The van der Waals surface area contributed by atoms with Gasteiger partial charge >= 0.3 is 0 Å². The minimum absolute atomic E-state index is 0.0580. The fraction of sp³-hybridized carbons (Fsp3) is 0.714. The molecule has 1 aliphatic heterocycles. The molecule has 0 spiro atoms. The highest BCUT2D eigenvalue weighted by Crippen LogP contribution is 2.23. The Bertz CT molecular complexity index is 350. The highest BCUT2D eigenvalue weighted by Gasteiger charge is 2.29. The third-order valence-corrected chi connectivity index (χ3v) is 4.16. The molecule has 0 saturated carbocycles. The Balaban J connectivity index is 1.53. The van der Waals surface area contributed by atoms with Crippen LogP contribution in [-0.2, 0) is 16.1 Å². The van der Waals surface area contributed by atoms with E-state index in [4.69, 9.17) is 9.47 Å². The summed E-state index contributed by atoms with van der Waals surface area (Å²) in [6.07, 6.45) is 1.75. The summed E-state index contributed by atoms with van der Waals surface area (Å²) in [4.78, 5) is 1.19. The van der Waals surface area contributed by atoms with Crippen molar-refractivity contribution in [3.8, 4) is 0 Å². The molecule has 2 N–H and O–H groups in total. The Morgan fingerprint density at radius 2 is 2.53 bits per heavy atom. The molecule has 0 bridgehead atoms. The van der Waals surface area contributed by atoms with Crippen LogP contribution in [0.5, 0.6) is 0 Å². The zero-order chi connectivity index (χ0) is 13.6. The van der Waals surface area contributed by atoms with E-state index in [0.29, 0.717) is 19.8 Å². The first kappa shape index (κ1) is 14.9. The minimum Gasteiger partial charge on any atom is -0.389 e. The van der Waals surface area contributed by atoms with Gasteiger partial charge in [-0.05, 0) is 31.2 Å². The molecule has 5 heteroatoms. The molecule has 0 aromatic carbocycles. The molecule has 1 fully saturated rings. The van der Waals surface area contributed by atoms with Crippen LogP contribution in [0.1, 0.15) is 24.6 Å². The molecule has 4 nitrogen and oxygen atoms in total. The molecule has 19 heavy (non-hydrogen) atoms. The maximum atomic E-state index is 9.81. The van der Waals surface area contributed by atoms with Crippen LogP contribution in [-0.4, -0.2) is 43.1 Å². The largest absolute Gasteiger partial charge is 0.389 e. The van der Waals surface area contributed by atoms with Crippen LogP contribution in [0.3, 0.4) is 0 Å². The summed E-state index contributed by atoms with van der Waals surface area (Å²) in [5.41, 5.74) is -0.0580. The number of ether oxygens (including phenoxy) is 2. The van der Waals surface area contributed by atoms with E-state index in [1.54, 1.807) is 11.3 Å². The van der Waals surface area contributed by atoms with Gasteiger partial charge in [-0.15, -0.1) is 11.3 Å².